The number of aliphatic hydroxyl groups is 3. The highest BCUT2D eigenvalue weighted by Crippen LogP contribution is 2.54. The Kier molecular flexibility index (Phi) is 5.24. The van der Waals surface area contributed by atoms with Gasteiger partial charge in [0.15, 0.2) is 22.9 Å². The van der Waals surface area contributed by atoms with Gasteiger partial charge in [-0.05, 0) is 48.1 Å². The summed E-state index contributed by atoms with van der Waals surface area (Å²) in [5.41, 5.74) is 3.89. The number of amides is 1. The van der Waals surface area contributed by atoms with Crippen molar-refractivity contribution in [3.8, 4) is 28.4 Å². The van der Waals surface area contributed by atoms with E-state index in [9.17, 15) is 34.8 Å². The van der Waals surface area contributed by atoms with Crippen LogP contribution >= 0.6 is 0 Å². The number of primary amides is 1. The van der Waals surface area contributed by atoms with Crippen molar-refractivity contribution in [2.45, 2.75) is 24.9 Å². The van der Waals surface area contributed by atoms with E-state index in [1.54, 1.807) is 24.3 Å². The summed E-state index contributed by atoms with van der Waals surface area (Å²) in [6, 6.07) is 6.92. The number of aliphatic hydroxyl groups excluding tert-OH is 2. The molecule has 0 aromatic heterocycles. The molecule has 1 amide bonds. The van der Waals surface area contributed by atoms with Crippen LogP contribution < -0.4 is 20.1 Å². The summed E-state index contributed by atoms with van der Waals surface area (Å²) in [6.07, 6.45) is -0.0752. The fraction of sp³-hybridized carbons (Fsp3) is 0.321. The van der Waals surface area contributed by atoms with E-state index in [1.807, 2.05) is 19.0 Å². The van der Waals surface area contributed by atoms with Crippen LogP contribution in [0.15, 0.2) is 41.2 Å². The van der Waals surface area contributed by atoms with Gasteiger partial charge < -0.3 is 40.5 Å². The molecule has 1 heterocycles. The van der Waals surface area contributed by atoms with E-state index in [0.29, 0.717) is 33.9 Å². The number of phenols is 1. The van der Waals surface area contributed by atoms with Crippen LogP contribution in [-0.2, 0) is 20.8 Å². The summed E-state index contributed by atoms with van der Waals surface area (Å²) >= 11 is 0. The number of phenolic OH excluding ortho intramolecular Hbond substituents is 1. The van der Waals surface area contributed by atoms with Gasteiger partial charge in [-0.15, -0.1) is 0 Å². The third-order valence-corrected chi connectivity index (χ3v) is 8.21. The number of fused-ring (bicyclic) bond motifs is 4. The summed E-state index contributed by atoms with van der Waals surface area (Å²) in [4.78, 5) is 40.0. The molecule has 11 heteroatoms. The highest BCUT2D eigenvalue weighted by molar-refractivity contribution is 6.22. The molecule has 6 rings (SSSR count). The van der Waals surface area contributed by atoms with Gasteiger partial charge in [-0.1, -0.05) is 6.07 Å². The Morgan fingerprint density at radius 1 is 1.08 bits per heavy atom. The lowest BCUT2D eigenvalue weighted by atomic mass is 9.59. The number of benzene rings is 2. The van der Waals surface area contributed by atoms with Crippen LogP contribution in [0.3, 0.4) is 0 Å². The van der Waals surface area contributed by atoms with Crippen LogP contribution in [0.4, 0.5) is 5.69 Å². The minimum absolute atomic E-state index is 0.0287. The highest BCUT2D eigenvalue weighted by Gasteiger charge is 2.60. The van der Waals surface area contributed by atoms with Crippen molar-refractivity contribution in [2.24, 2.45) is 17.6 Å². The van der Waals surface area contributed by atoms with E-state index in [4.69, 9.17) is 15.2 Å². The van der Waals surface area contributed by atoms with E-state index < -0.39 is 52.0 Å². The number of anilines is 1. The number of ketones is 2. The van der Waals surface area contributed by atoms with Crippen molar-refractivity contribution in [1.29, 1.82) is 0 Å². The normalized spacial score (nSPS) is 25.3. The SMILES string of the molecule is CN(C)c1cc(-c2ccc3c(c2)OCO3)c(O)c2c1CC1CC3CC(=O)C(C(N)=O)=C(O)C3(O)C(=O)C1=C2O. The number of hydrogen-bond donors (Lipinski definition) is 5. The average molecular weight is 535 g/mol. The van der Waals surface area contributed by atoms with Crippen molar-refractivity contribution in [3.05, 3.63) is 52.3 Å². The van der Waals surface area contributed by atoms with Gasteiger partial charge in [-0.3, -0.25) is 14.4 Å². The summed E-state index contributed by atoms with van der Waals surface area (Å²) in [5.74, 6) is -5.54. The molecule has 0 spiro atoms. The molecule has 11 nitrogen and oxygen atoms in total. The first kappa shape index (κ1) is 24.8. The smallest absolute Gasteiger partial charge is 0.255 e. The van der Waals surface area contributed by atoms with Crippen molar-refractivity contribution in [3.63, 3.8) is 0 Å². The zero-order chi connectivity index (χ0) is 28.0. The predicted molar refractivity (Wildman–Crippen MR) is 137 cm³/mol. The molecule has 3 aliphatic carbocycles. The zero-order valence-corrected chi connectivity index (χ0v) is 21.1. The summed E-state index contributed by atoms with van der Waals surface area (Å²) in [5, 5.41) is 45.2. The number of hydrogen-bond acceptors (Lipinski definition) is 10. The summed E-state index contributed by atoms with van der Waals surface area (Å²) in [6.45, 7) is 0.0720. The second kappa shape index (κ2) is 8.24. The molecule has 1 fully saturated rings. The van der Waals surface area contributed by atoms with Crippen molar-refractivity contribution in [2.75, 3.05) is 25.8 Å². The van der Waals surface area contributed by atoms with Gasteiger partial charge in [-0.25, -0.2) is 0 Å². The van der Waals surface area contributed by atoms with Crippen LogP contribution in [-0.4, -0.2) is 64.4 Å². The average Bonchev–Trinajstić information content (AvgIpc) is 3.34. The maximum Gasteiger partial charge on any atom is 0.255 e. The number of Topliss-reactive ketones (excluding diaryl/α,β-unsaturated/α-hetero) is 2. The van der Waals surface area contributed by atoms with Crippen LogP contribution in [0.1, 0.15) is 24.0 Å². The standard InChI is InChI=1S/C28H26N2O9/c1-30(2)16-9-14(11-3-4-18-19(7-11)39-10-38-18)23(32)21-15(16)6-12-5-13-8-17(31)22(27(29)36)26(35)28(13,37)25(34)20(12)24(21)33/h3-4,7,9,12-13,32-33,35,37H,5-6,8,10H2,1-2H3,(H2,29,36). The lowest BCUT2D eigenvalue weighted by Gasteiger charge is -2.46. The van der Waals surface area contributed by atoms with Gasteiger partial charge in [-0.2, -0.15) is 0 Å². The quantitative estimate of drug-likeness (QED) is 0.365. The molecule has 0 radical (unpaired) electrons. The van der Waals surface area contributed by atoms with Crippen LogP contribution in [0.5, 0.6) is 17.2 Å². The fourth-order valence-corrected chi connectivity index (χ4v) is 6.35. The molecule has 1 aliphatic heterocycles. The molecule has 0 bridgehead atoms. The second-order valence-corrected chi connectivity index (χ2v) is 10.5. The lowest BCUT2D eigenvalue weighted by Crippen LogP contribution is -2.58. The summed E-state index contributed by atoms with van der Waals surface area (Å²) in [7, 11) is 3.62. The van der Waals surface area contributed by atoms with E-state index >= 15 is 0 Å². The lowest BCUT2D eigenvalue weighted by molar-refractivity contribution is -0.147. The zero-order valence-electron chi connectivity index (χ0n) is 21.1. The highest BCUT2D eigenvalue weighted by atomic mass is 16.7. The minimum Gasteiger partial charge on any atom is -0.508 e. The molecule has 6 N–H and O–H groups in total. The monoisotopic (exact) mass is 534 g/mol. The molecular weight excluding hydrogens is 508 g/mol. The van der Waals surface area contributed by atoms with Gasteiger partial charge in [0.1, 0.15) is 22.8 Å². The minimum atomic E-state index is -2.61. The van der Waals surface area contributed by atoms with Crippen molar-refractivity contribution >= 4 is 28.9 Å². The number of ether oxygens (including phenoxy) is 2. The van der Waals surface area contributed by atoms with Gasteiger partial charge >= 0.3 is 0 Å². The fourth-order valence-electron chi connectivity index (χ4n) is 6.35. The van der Waals surface area contributed by atoms with E-state index in [-0.39, 0.29) is 42.9 Å². The molecule has 202 valence electrons. The molecule has 2 aromatic rings. The number of carbonyl (C=O) groups excluding carboxylic acids is 3. The number of rotatable bonds is 3. The topological polar surface area (TPSA) is 180 Å². The van der Waals surface area contributed by atoms with Crippen molar-refractivity contribution in [1.82, 2.24) is 0 Å². The first-order chi connectivity index (χ1) is 18.4. The Bertz CT molecular complexity index is 1570. The number of carbonyl (C=O) groups is 3. The molecular formula is C28H26N2O9. The number of aromatic hydroxyl groups is 1. The molecule has 0 saturated heterocycles. The van der Waals surface area contributed by atoms with Gasteiger partial charge in [0, 0.05) is 43.3 Å². The largest absolute Gasteiger partial charge is 0.508 e. The maximum absolute atomic E-state index is 13.8. The molecule has 3 unspecified atom stereocenters. The Labute approximate surface area is 222 Å². The molecule has 2 aromatic carbocycles. The van der Waals surface area contributed by atoms with Crippen molar-refractivity contribution < 1.29 is 44.3 Å². The Morgan fingerprint density at radius 2 is 1.79 bits per heavy atom. The molecule has 3 atom stereocenters. The Balaban J connectivity index is 1.56. The maximum atomic E-state index is 13.8. The van der Waals surface area contributed by atoms with Crippen LogP contribution in [0.2, 0.25) is 0 Å². The Morgan fingerprint density at radius 3 is 2.49 bits per heavy atom. The first-order valence-electron chi connectivity index (χ1n) is 12.4. The van der Waals surface area contributed by atoms with E-state index in [0.717, 1.165) is 0 Å². The predicted octanol–water partition coefficient (Wildman–Crippen LogP) is 1.89. The van der Waals surface area contributed by atoms with Crippen LogP contribution in [0, 0.1) is 11.8 Å². The van der Waals surface area contributed by atoms with Gasteiger partial charge in [0.2, 0.25) is 12.6 Å². The third kappa shape index (κ3) is 3.29. The second-order valence-electron chi connectivity index (χ2n) is 10.5. The Hall–Kier alpha value is -4.51. The van der Waals surface area contributed by atoms with Crippen LogP contribution in [0.25, 0.3) is 16.9 Å². The molecule has 1 saturated carbocycles. The number of nitrogens with zero attached hydrogens (tertiary/aromatic N) is 1. The summed E-state index contributed by atoms with van der Waals surface area (Å²) < 4.78 is 10.8. The van der Waals surface area contributed by atoms with Gasteiger partial charge in [0.05, 0.1) is 5.56 Å². The third-order valence-electron chi connectivity index (χ3n) is 8.21. The van der Waals surface area contributed by atoms with E-state index in [1.165, 1.54) is 0 Å². The van der Waals surface area contributed by atoms with Gasteiger partial charge in [0.25, 0.3) is 5.91 Å². The first-order valence-corrected chi connectivity index (χ1v) is 12.4. The van der Waals surface area contributed by atoms with E-state index in [2.05, 4.69) is 0 Å². The molecule has 39 heavy (non-hydrogen) atoms. The molecule has 4 aliphatic rings. The number of nitrogens with two attached hydrogens (primary N) is 1.